The summed E-state index contributed by atoms with van der Waals surface area (Å²) in [6, 6.07) is 15.2. The zero-order valence-corrected chi connectivity index (χ0v) is 12.1. The summed E-state index contributed by atoms with van der Waals surface area (Å²) in [5, 5.41) is 18.2. The highest BCUT2D eigenvalue weighted by Gasteiger charge is 2.05. The molecular weight excluding hydrogens is 278 g/mol. The van der Waals surface area contributed by atoms with Crippen molar-refractivity contribution in [2.75, 3.05) is 11.1 Å². The first kappa shape index (κ1) is 13.7. The van der Waals surface area contributed by atoms with E-state index in [9.17, 15) is 0 Å². The van der Waals surface area contributed by atoms with Gasteiger partial charge in [0.1, 0.15) is 0 Å². The Labute approximate surface area is 127 Å². The maximum absolute atomic E-state index is 5.66. The van der Waals surface area contributed by atoms with Crippen molar-refractivity contribution in [2.24, 2.45) is 17.3 Å². The number of hydrogen-bond donors (Lipinski definition) is 3. The second kappa shape index (κ2) is 6.04. The predicted molar refractivity (Wildman–Crippen MR) is 84.5 cm³/mol. The SMILES string of the molecule is C[n+]1cn[nH]c1N=Nc1ccc(Nc2ccc(N)cc2)cc1. The molecule has 0 saturated carbocycles. The van der Waals surface area contributed by atoms with Crippen molar-refractivity contribution < 1.29 is 4.57 Å². The number of H-pyrrole nitrogens is 1. The fourth-order valence-corrected chi connectivity index (χ4v) is 1.85. The molecule has 0 saturated heterocycles. The molecule has 7 heteroatoms. The molecule has 0 bridgehead atoms. The van der Waals surface area contributed by atoms with Crippen LogP contribution in [0.25, 0.3) is 0 Å². The molecule has 0 aliphatic rings. The van der Waals surface area contributed by atoms with Crippen LogP contribution in [0.1, 0.15) is 0 Å². The highest BCUT2D eigenvalue weighted by atomic mass is 15.3. The van der Waals surface area contributed by atoms with E-state index >= 15 is 0 Å². The molecule has 4 N–H and O–H groups in total. The third kappa shape index (κ3) is 3.26. The Kier molecular flexibility index (Phi) is 3.78. The van der Waals surface area contributed by atoms with Gasteiger partial charge in [0.2, 0.25) is 6.33 Å². The first-order chi connectivity index (χ1) is 10.7. The fraction of sp³-hybridized carbons (Fsp3) is 0.0667. The molecule has 3 aromatic rings. The number of nitrogens with zero attached hydrogens (tertiary/aromatic N) is 4. The highest BCUT2D eigenvalue weighted by Crippen LogP contribution is 2.21. The van der Waals surface area contributed by atoms with Crippen LogP contribution >= 0.6 is 0 Å². The van der Waals surface area contributed by atoms with Gasteiger partial charge in [0.25, 0.3) is 0 Å². The molecular formula is C15H16N7+. The summed E-state index contributed by atoms with van der Waals surface area (Å²) in [5.41, 5.74) is 9.12. The smallest absolute Gasteiger partial charge is 0.399 e. The number of azo groups is 1. The Morgan fingerprint density at radius 2 is 1.64 bits per heavy atom. The van der Waals surface area contributed by atoms with Gasteiger partial charge in [0.05, 0.1) is 12.7 Å². The number of nitrogen functional groups attached to an aromatic ring is 1. The number of aromatic nitrogens is 3. The highest BCUT2D eigenvalue weighted by molar-refractivity contribution is 5.63. The fourth-order valence-electron chi connectivity index (χ4n) is 1.85. The molecule has 0 spiro atoms. The van der Waals surface area contributed by atoms with Crippen LogP contribution in [0.5, 0.6) is 0 Å². The molecule has 1 heterocycles. The second-order valence-electron chi connectivity index (χ2n) is 4.78. The molecule has 0 aliphatic heterocycles. The lowest BCUT2D eigenvalue weighted by molar-refractivity contribution is -0.658. The van der Waals surface area contributed by atoms with E-state index in [2.05, 4.69) is 25.7 Å². The Hall–Kier alpha value is -3.22. The van der Waals surface area contributed by atoms with Crippen LogP contribution in [0, 0.1) is 0 Å². The van der Waals surface area contributed by atoms with E-state index in [1.54, 1.807) is 10.9 Å². The summed E-state index contributed by atoms with van der Waals surface area (Å²) in [5.74, 6) is 0.587. The molecule has 0 atom stereocenters. The predicted octanol–water partition coefficient (Wildman–Crippen LogP) is 2.98. The lowest BCUT2D eigenvalue weighted by Gasteiger charge is -2.06. The van der Waals surface area contributed by atoms with Crippen LogP contribution < -0.4 is 15.6 Å². The van der Waals surface area contributed by atoms with Gasteiger partial charge in [-0.1, -0.05) is 5.11 Å². The number of nitrogens with two attached hydrogens (primary N) is 1. The van der Waals surface area contributed by atoms with Crippen LogP contribution in [0.2, 0.25) is 0 Å². The molecule has 0 amide bonds. The largest absolute Gasteiger partial charge is 0.401 e. The van der Waals surface area contributed by atoms with E-state index in [1.165, 1.54) is 0 Å². The molecule has 0 aliphatic carbocycles. The number of hydrogen-bond acceptors (Lipinski definition) is 5. The summed E-state index contributed by atoms with van der Waals surface area (Å²) < 4.78 is 1.75. The minimum Gasteiger partial charge on any atom is -0.399 e. The molecule has 0 unspecified atom stereocenters. The Morgan fingerprint density at radius 3 is 2.23 bits per heavy atom. The van der Waals surface area contributed by atoms with Crippen molar-refractivity contribution in [1.29, 1.82) is 0 Å². The average Bonchev–Trinajstić information content (AvgIpc) is 2.94. The van der Waals surface area contributed by atoms with Gasteiger partial charge in [-0.15, -0.1) is 5.10 Å². The molecule has 0 radical (unpaired) electrons. The first-order valence-electron chi connectivity index (χ1n) is 6.74. The zero-order chi connectivity index (χ0) is 15.4. The van der Waals surface area contributed by atoms with Crippen molar-refractivity contribution in [3.63, 3.8) is 0 Å². The molecule has 7 nitrogen and oxygen atoms in total. The average molecular weight is 294 g/mol. The van der Waals surface area contributed by atoms with Gasteiger partial charge in [0.15, 0.2) is 0 Å². The summed E-state index contributed by atoms with van der Waals surface area (Å²) >= 11 is 0. The van der Waals surface area contributed by atoms with Crippen LogP contribution in [-0.2, 0) is 7.05 Å². The number of rotatable bonds is 4. The quantitative estimate of drug-likeness (QED) is 0.392. The minimum atomic E-state index is 0.587. The monoisotopic (exact) mass is 294 g/mol. The van der Waals surface area contributed by atoms with Crippen molar-refractivity contribution in [3.05, 3.63) is 54.9 Å². The lowest BCUT2D eigenvalue weighted by Crippen LogP contribution is -2.24. The van der Waals surface area contributed by atoms with Gasteiger partial charge in [-0.05, 0) is 53.6 Å². The van der Waals surface area contributed by atoms with Crippen LogP contribution in [0.3, 0.4) is 0 Å². The summed E-state index contributed by atoms with van der Waals surface area (Å²) in [4.78, 5) is 0. The van der Waals surface area contributed by atoms with Crippen molar-refractivity contribution in [3.8, 4) is 0 Å². The van der Waals surface area contributed by atoms with Crippen molar-refractivity contribution in [2.45, 2.75) is 0 Å². The number of benzene rings is 2. The maximum Gasteiger partial charge on any atom is 0.401 e. The van der Waals surface area contributed by atoms with Gasteiger partial charge >= 0.3 is 5.95 Å². The number of anilines is 3. The summed E-state index contributed by atoms with van der Waals surface area (Å²) in [6.07, 6.45) is 1.63. The topological polar surface area (TPSA) is 95.3 Å². The number of aromatic amines is 1. The second-order valence-corrected chi connectivity index (χ2v) is 4.78. The summed E-state index contributed by atoms with van der Waals surface area (Å²) in [6.45, 7) is 0. The van der Waals surface area contributed by atoms with E-state index in [-0.39, 0.29) is 0 Å². The Morgan fingerprint density at radius 1 is 1.00 bits per heavy atom. The van der Waals surface area contributed by atoms with Gasteiger partial charge in [-0.3, -0.25) is 0 Å². The molecule has 1 aromatic heterocycles. The molecule has 3 rings (SSSR count). The normalized spacial score (nSPS) is 11.0. The van der Waals surface area contributed by atoms with E-state index in [0.717, 1.165) is 22.7 Å². The van der Waals surface area contributed by atoms with Crippen molar-refractivity contribution >= 4 is 28.7 Å². The zero-order valence-electron chi connectivity index (χ0n) is 12.1. The third-order valence-electron chi connectivity index (χ3n) is 3.06. The van der Waals surface area contributed by atoms with E-state index < -0.39 is 0 Å². The van der Waals surface area contributed by atoms with E-state index in [1.807, 2.05) is 55.6 Å². The van der Waals surface area contributed by atoms with Gasteiger partial charge in [0, 0.05) is 22.2 Å². The van der Waals surface area contributed by atoms with Gasteiger partial charge < -0.3 is 11.1 Å². The van der Waals surface area contributed by atoms with Crippen LogP contribution in [0.4, 0.5) is 28.7 Å². The molecule has 2 aromatic carbocycles. The van der Waals surface area contributed by atoms with Crippen molar-refractivity contribution in [1.82, 2.24) is 10.2 Å². The van der Waals surface area contributed by atoms with Gasteiger partial charge in [-0.2, -0.15) is 0 Å². The minimum absolute atomic E-state index is 0.587. The van der Waals surface area contributed by atoms with Gasteiger partial charge in [-0.25, -0.2) is 4.57 Å². The van der Waals surface area contributed by atoms with E-state index in [4.69, 9.17) is 5.73 Å². The number of aryl methyl sites for hydroxylation is 1. The summed E-state index contributed by atoms with van der Waals surface area (Å²) in [7, 11) is 1.84. The Balaban J connectivity index is 1.69. The van der Waals surface area contributed by atoms with E-state index in [0.29, 0.717) is 5.95 Å². The molecule has 22 heavy (non-hydrogen) atoms. The standard InChI is InChI=1S/C15H15N7/c1-22-10-17-20-15(22)21-19-14-8-6-13(7-9-14)18-12-4-2-11(16)3-5-12/h2-10H,1H3,(H3,16,18,19,20,21)/p+1. The maximum atomic E-state index is 5.66. The molecule has 110 valence electrons. The Bertz CT molecular complexity index is 772. The first-order valence-corrected chi connectivity index (χ1v) is 6.74. The molecule has 0 fully saturated rings. The number of nitrogens with one attached hydrogen (secondary N) is 2. The lowest BCUT2D eigenvalue weighted by atomic mass is 10.2. The van der Waals surface area contributed by atoms with Crippen LogP contribution in [0.15, 0.2) is 65.1 Å². The van der Waals surface area contributed by atoms with Crippen LogP contribution in [-0.4, -0.2) is 10.2 Å². The third-order valence-corrected chi connectivity index (χ3v) is 3.06.